The quantitative estimate of drug-likeness (QED) is 0.0223. The van der Waals surface area contributed by atoms with Gasteiger partial charge in [-0.3, -0.25) is 0 Å². The number of esters is 2. The summed E-state index contributed by atoms with van der Waals surface area (Å²) in [7, 11) is 22.0. The molecule has 0 aliphatic carbocycles. The zero-order chi connectivity index (χ0) is 53.2. The molecule has 3 unspecified atom stereocenters. The van der Waals surface area contributed by atoms with Gasteiger partial charge in [-0.1, -0.05) is 6.92 Å². The average molecular weight is 1020 g/mol. The molecular weight excluding hydrogens is 941 g/mol. The normalized spacial score (nSPS) is 15.5. The van der Waals surface area contributed by atoms with E-state index in [2.05, 4.69) is 31.0 Å². The topological polar surface area (TPSA) is 157 Å². The van der Waals surface area contributed by atoms with Crippen LogP contribution < -0.4 is 52.1 Å². The van der Waals surface area contributed by atoms with E-state index in [-0.39, 0.29) is 25.2 Å². The number of ether oxygens (including phenoxy) is 13. The lowest BCUT2D eigenvalue weighted by atomic mass is 9.86. The maximum atomic E-state index is 12.8. The molecule has 0 saturated heterocycles. The van der Waals surface area contributed by atoms with E-state index in [4.69, 9.17) is 61.6 Å². The molecule has 3 atom stereocenters. The Hall–Kier alpha value is -6.72. The van der Waals surface area contributed by atoms with Gasteiger partial charge in [0.2, 0.25) is 17.2 Å². The third-order valence-corrected chi connectivity index (χ3v) is 13.6. The second kappa shape index (κ2) is 27.4. The smallest absolute Gasteiger partial charge is 0.331 e. The predicted octanol–water partition coefficient (Wildman–Crippen LogP) is 8.01. The van der Waals surface area contributed by atoms with Crippen LogP contribution in [0.25, 0.3) is 0 Å². The fourth-order valence-corrected chi connectivity index (χ4v) is 9.85. The molecule has 17 heteroatoms. The van der Waals surface area contributed by atoms with Gasteiger partial charge in [0.05, 0.1) is 112 Å². The molecule has 0 N–H and O–H groups in total. The molecule has 4 aromatic rings. The van der Waals surface area contributed by atoms with Gasteiger partial charge >= 0.3 is 11.9 Å². The fraction of sp³-hybridized carbons (Fsp3) is 0.500. The molecule has 0 saturated carbocycles. The van der Waals surface area contributed by atoms with Gasteiger partial charge in [-0.2, -0.15) is 0 Å². The number of hydrogen-bond acceptors (Lipinski definition) is 16. The van der Waals surface area contributed by atoms with E-state index in [1.54, 1.807) is 78.2 Å². The molecule has 1 aliphatic heterocycles. The SMILES string of the molecule is COc1cc2c(cc1OC)C(Cc1cc(OC)c(OC)c(OC)c1)[N+](C)(CCCOC(=O)/C=C\C(=O)OCCCN(C)CCc1cc(OC)c(OC)c(OC)c1C(C)Cc1cc(OC)c(OC)c(OC)c1)CC2. The molecular formula is C56H77N2O15+. The maximum absolute atomic E-state index is 12.8. The first-order valence-corrected chi connectivity index (χ1v) is 24.4. The van der Waals surface area contributed by atoms with Crippen molar-refractivity contribution in [1.82, 2.24) is 4.90 Å². The van der Waals surface area contributed by atoms with Crippen LogP contribution in [0, 0.1) is 0 Å². The van der Waals surface area contributed by atoms with Crippen molar-refractivity contribution in [3.05, 3.63) is 88.0 Å². The minimum atomic E-state index is -0.616. The lowest BCUT2D eigenvalue weighted by Crippen LogP contribution is -2.52. The number of quaternary nitrogens is 1. The van der Waals surface area contributed by atoms with E-state index in [0.717, 1.165) is 59.5 Å². The molecule has 0 radical (unpaired) electrons. The molecule has 4 aromatic carbocycles. The molecule has 0 amide bonds. The van der Waals surface area contributed by atoms with E-state index < -0.39 is 11.9 Å². The van der Waals surface area contributed by atoms with Crippen LogP contribution in [0.15, 0.2) is 54.6 Å². The third-order valence-electron chi connectivity index (χ3n) is 13.6. The highest BCUT2D eigenvalue weighted by atomic mass is 16.6. The van der Waals surface area contributed by atoms with E-state index in [0.29, 0.717) is 113 Å². The Kier molecular flexibility index (Phi) is 21.4. The van der Waals surface area contributed by atoms with Gasteiger partial charge in [0.1, 0.15) is 6.04 Å². The van der Waals surface area contributed by atoms with Crippen LogP contribution in [0.2, 0.25) is 0 Å². The van der Waals surface area contributed by atoms with Gasteiger partial charge in [0, 0.05) is 55.6 Å². The van der Waals surface area contributed by atoms with Crippen molar-refractivity contribution in [2.24, 2.45) is 0 Å². The number of carbonyl (C=O) groups excluding carboxylic acids is 2. The van der Waals surface area contributed by atoms with E-state index >= 15 is 0 Å². The lowest BCUT2D eigenvalue weighted by Gasteiger charge is -2.46. The van der Waals surface area contributed by atoms with E-state index in [1.807, 2.05) is 37.4 Å². The number of fused-ring (bicyclic) bond motifs is 1. The molecule has 5 rings (SSSR count). The second-order valence-electron chi connectivity index (χ2n) is 18.1. The van der Waals surface area contributed by atoms with Gasteiger partial charge < -0.3 is 71.0 Å². The number of benzene rings is 4. The third kappa shape index (κ3) is 14.1. The Morgan fingerprint density at radius 1 is 0.589 bits per heavy atom. The van der Waals surface area contributed by atoms with Gasteiger partial charge in [-0.15, -0.1) is 0 Å². The number of hydrogen-bond donors (Lipinski definition) is 0. The average Bonchev–Trinajstić information content (AvgIpc) is 3.40. The summed E-state index contributed by atoms with van der Waals surface area (Å²) in [5.74, 6) is 5.21. The monoisotopic (exact) mass is 1020 g/mol. The molecule has 0 bridgehead atoms. The Morgan fingerprint density at radius 3 is 1.58 bits per heavy atom. The van der Waals surface area contributed by atoms with Gasteiger partial charge in [0.15, 0.2) is 46.0 Å². The largest absolute Gasteiger partial charge is 0.493 e. The van der Waals surface area contributed by atoms with Crippen LogP contribution in [0.4, 0.5) is 0 Å². The van der Waals surface area contributed by atoms with Gasteiger partial charge in [0.25, 0.3) is 0 Å². The minimum Gasteiger partial charge on any atom is -0.493 e. The highest BCUT2D eigenvalue weighted by molar-refractivity contribution is 5.91. The highest BCUT2D eigenvalue weighted by Gasteiger charge is 2.40. The first kappa shape index (κ1) is 57.2. The standard InChI is InChI=1S/C56H77N2O15/c1-36(27-37-29-45(63-6)53(68-11)46(30-37)64-7)52-40(34-49(67-10)55(70-13)56(52)71-14)19-22-57(2)21-15-25-72-50(59)17-18-51(60)73-26-16-23-58(3)24-20-39-33-43(61-4)44(62-5)35-41(39)42(58)28-38-31-47(65-8)54(69-12)48(32-38)66-9/h17-18,29-36,42H,15-16,19-28H2,1-14H3/q+1/b18-17-. The Morgan fingerprint density at radius 2 is 1.07 bits per heavy atom. The molecule has 400 valence electrons. The van der Waals surface area contributed by atoms with Crippen molar-refractivity contribution < 1.29 is 75.7 Å². The summed E-state index contributed by atoms with van der Waals surface area (Å²) < 4.78 is 74.4. The van der Waals surface area contributed by atoms with Crippen molar-refractivity contribution in [3.63, 3.8) is 0 Å². The van der Waals surface area contributed by atoms with Gasteiger partial charge in [-0.05, 0) is 96.9 Å². The van der Waals surface area contributed by atoms with Crippen molar-refractivity contribution in [1.29, 1.82) is 0 Å². The number of methoxy groups -OCH3 is 11. The van der Waals surface area contributed by atoms with Gasteiger partial charge in [-0.25, -0.2) is 9.59 Å². The molecule has 73 heavy (non-hydrogen) atoms. The van der Waals surface area contributed by atoms with Crippen LogP contribution in [0.1, 0.15) is 65.1 Å². The number of rotatable bonds is 29. The summed E-state index contributed by atoms with van der Waals surface area (Å²) in [5.41, 5.74) is 6.42. The number of nitrogens with zero attached hydrogens (tertiary/aromatic N) is 2. The highest BCUT2D eigenvalue weighted by Crippen LogP contribution is 2.48. The Bertz CT molecular complexity index is 2460. The van der Waals surface area contributed by atoms with Crippen molar-refractivity contribution >= 4 is 11.9 Å². The molecule has 0 spiro atoms. The van der Waals surface area contributed by atoms with E-state index in [9.17, 15) is 9.59 Å². The summed E-state index contributed by atoms with van der Waals surface area (Å²) >= 11 is 0. The maximum Gasteiger partial charge on any atom is 0.331 e. The molecule has 1 heterocycles. The first-order valence-electron chi connectivity index (χ1n) is 24.4. The zero-order valence-corrected chi connectivity index (χ0v) is 45.4. The van der Waals surface area contributed by atoms with Crippen molar-refractivity contribution in [2.45, 2.75) is 57.4 Å². The Labute approximate surface area is 431 Å². The van der Waals surface area contributed by atoms with Crippen LogP contribution >= 0.6 is 0 Å². The summed E-state index contributed by atoms with van der Waals surface area (Å²) in [5, 5.41) is 0. The van der Waals surface area contributed by atoms with Crippen molar-refractivity contribution in [3.8, 4) is 63.2 Å². The van der Waals surface area contributed by atoms with E-state index in [1.165, 1.54) is 5.56 Å². The van der Waals surface area contributed by atoms with Crippen LogP contribution in [-0.4, -0.2) is 153 Å². The van der Waals surface area contributed by atoms with Crippen LogP contribution in [0.3, 0.4) is 0 Å². The summed E-state index contributed by atoms with van der Waals surface area (Å²) in [6.45, 7) is 5.43. The Balaban J connectivity index is 1.14. The first-order chi connectivity index (χ1) is 35.2. The summed E-state index contributed by atoms with van der Waals surface area (Å²) in [4.78, 5) is 27.6. The summed E-state index contributed by atoms with van der Waals surface area (Å²) in [6.07, 6.45) is 6.22. The summed E-state index contributed by atoms with van der Waals surface area (Å²) in [6, 6.07) is 14.0. The minimum absolute atomic E-state index is 0.00723. The number of likely N-dealkylation sites (N-methyl/N-ethyl adjacent to an activating group) is 2. The number of carbonyl (C=O) groups is 2. The second-order valence-corrected chi connectivity index (χ2v) is 18.1. The molecule has 1 aliphatic rings. The lowest BCUT2D eigenvalue weighted by molar-refractivity contribution is -0.941. The molecule has 0 fully saturated rings. The molecule has 17 nitrogen and oxygen atoms in total. The predicted molar refractivity (Wildman–Crippen MR) is 278 cm³/mol. The zero-order valence-electron chi connectivity index (χ0n) is 45.4. The van der Waals surface area contributed by atoms with Crippen LogP contribution in [-0.2, 0) is 44.7 Å². The fourth-order valence-electron chi connectivity index (χ4n) is 9.85. The van der Waals surface area contributed by atoms with Crippen molar-refractivity contribution in [2.75, 3.05) is 132 Å². The molecule has 0 aromatic heterocycles. The van der Waals surface area contributed by atoms with Crippen LogP contribution in [0.5, 0.6) is 63.2 Å².